The Morgan fingerprint density at radius 3 is 1.67 bits per heavy atom. The van der Waals surface area contributed by atoms with Crippen molar-refractivity contribution in [2.45, 2.75) is 0 Å². The highest BCUT2D eigenvalue weighted by atomic mass is 16.3. The molecule has 0 bridgehead atoms. The quantitative estimate of drug-likeness (QED) is 0.175. The van der Waals surface area contributed by atoms with E-state index in [-0.39, 0.29) is 0 Å². The van der Waals surface area contributed by atoms with Crippen LogP contribution in [0.2, 0.25) is 0 Å². The number of para-hydroxylation sites is 4. The zero-order valence-corrected chi connectivity index (χ0v) is 32.7. The van der Waals surface area contributed by atoms with Gasteiger partial charge in [-0.25, -0.2) is 15.0 Å². The Kier molecular flexibility index (Phi) is 7.21. The van der Waals surface area contributed by atoms with Gasteiger partial charge in [-0.15, -0.1) is 0 Å². The Morgan fingerprint density at radius 2 is 0.902 bits per heavy atom. The molecular weight excluding hydrogens is 747 g/mol. The molecule has 0 N–H and O–H groups in total. The van der Waals surface area contributed by atoms with Gasteiger partial charge >= 0.3 is 0 Å². The first-order valence-electron chi connectivity index (χ1n) is 20.5. The van der Waals surface area contributed by atoms with Crippen LogP contribution in [0.4, 0.5) is 0 Å². The van der Waals surface area contributed by atoms with Gasteiger partial charge in [0.15, 0.2) is 17.5 Å². The summed E-state index contributed by atoms with van der Waals surface area (Å²) < 4.78 is 11.3. The van der Waals surface area contributed by atoms with E-state index < -0.39 is 0 Å². The summed E-state index contributed by atoms with van der Waals surface area (Å²) >= 11 is 0. The second-order valence-corrected chi connectivity index (χ2v) is 15.6. The highest BCUT2D eigenvalue weighted by molar-refractivity contribution is 6.15. The van der Waals surface area contributed by atoms with Crippen molar-refractivity contribution in [3.8, 4) is 45.5 Å². The molecule has 0 amide bonds. The van der Waals surface area contributed by atoms with Gasteiger partial charge in [-0.05, 0) is 83.6 Å². The molecule has 4 aromatic heterocycles. The molecule has 13 aromatic rings. The molecule has 0 saturated carbocycles. The van der Waals surface area contributed by atoms with Gasteiger partial charge in [0.2, 0.25) is 0 Å². The highest BCUT2D eigenvalue weighted by Crippen LogP contribution is 2.42. The third-order valence-corrected chi connectivity index (χ3v) is 12.1. The molecule has 6 nitrogen and oxygen atoms in total. The molecule has 0 aliphatic carbocycles. The van der Waals surface area contributed by atoms with Gasteiger partial charge in [-0.1, -0.05) is 127 Å². The summed E-state index contributed by atoms with van der Waals surface area (Å²) in [5.41, 5.74) is 10.8. The zero-order chi connectivity index (χ0) is 40.0. The minimum Gasteiger partial charge on any atom is -0.456 e. The van der Waals surface area contributed by atoms with E-state index >= 15 is 0 Å². The predicted octanol–water partition coefficient (Wildman–Crippen LogP) is 14.1. The number of hydrogen-bond donors (Lipinski definition) is 0. The van der Waals surface area contributed by atoms with E-state index in [9.17, 15) is 0 Å². The van der Waals surface area contributed by atoms with Gasteiger partial charge in [0.1, 0.15) is 11.2 Å². The third kappa shape index (κ3) is 5.19. The fourth-order valence-electron chi connectivity index (χ4n) is 9.35. The maximum absolute atomic E-state index is 6.59. The van der Waals surface area contributed by atoms with Crippen molar-refractivity contribution in [2.24, 2.45) is 0 Å². The fraction of sp³-hybridized carbons (Fsp3) is 0. The Balaban J connectivity index is 1.11. The Labute approximate surface area is 349 Å². The third-order valence-electron chi connectivity index (χ3n) is 12.1. The van der Waals surface area contributed by atoms with E-state index in [1.165, 1.54) is 21.5 Å². The number of rotatable bonds is 5. The second-order valence-electron chi connectivity index (χ2n) is 15.6. The molecule has 0 spiro atoms. The molecule has 0 saturated heterocycles. The maximum Gasteiger partial charge on any atom is 0.166 e. The van der Waals surface area contributed by atoms with Crippen molar-refractivity contribution in [3.63, 3.8) is 0 Å². The Morgan fingerprint density at radius 1 is 0.328 bits per heavy atom. The molecule has 0 fully saturated rings. The molecule has 6 heteroatoms. The lowest BCUT2D eigenvalue weighted by Gasteiger charge is -2.15. The van der Waals surface area contributed by atoms with E-state index in [1.807, 2.05) is 30.3 Å². The van der Waals surface area contributed by atoms with Crippen LogP contribution < -0.4 is 0 Å². The molecule has 284 valence electrons. The first kappa shape index (κ1) is 33.6. The monoisotopic (exact) mass is 779 g/mol. The number of nitrogens with zero attached hydrogens (tertiary/aromatic N) is 5. The molecule has 0 atom stereocenters. The summed E-state index contributed by atoms with van der Waals surface area (Å²) in [6.45, 7) is 0. The zero-order valence-electron chi connectivity index (χ0n) is 32.7. The summed E-state index contributed by atoms with van der Waals surface area (Å²) in [5.74, 6) is 1.74. The standard InChI is InChI=1S/C55H33N5O/c1-3-15-34(16-4-1)53-56-54(37-27-28-48-42(30-37)39-21-9-12-24-46(39)59(48)38-19-5-2-6-20-38)58-55(57-53)45-33-52-44(41-23-11-14-26-51(41)61-52)32-50(45)60-47-25-13-10-22-40(47)43-29-35-17-7-8-18-36(35)31-49(43)60/h1-33H. The first-order valence-corrected chi connectivity index (χ1v) is 20.5. The van der Waals surface area contributed by atoms with E-state index in [4.69, 9.17) is 19.4 Å². The summed E-state index contributed by atoms with van der Waals surface area (Å²) in [6, 6.07) is 70.3. The highest BCUT2D eigenvalue weighted by Gasteiger charge is 2.23. The lowest BCUT2D eigenvalue weighted by Crippen LogP contribution is -2.04. The average molecular weight is 780 g/mol. The van der Waals surface area contributed by atoms with Gasteiger partial charge in [0.05, 0.1) is 27.8 Å². The van der Waals surface area contributed by atoms with Crippen LogP contribution in [0, 0.1) is 0 Å². The maximum atomic E-state index is 6.59. The fourth-order valence-corrected chi connectivity index (χ4v) is 9.35. The molecule has 4 heterocycles. The minimum absolute atomic E-state index is 0.555. The number of fused-ring (bicyclic) bond motifs is 10. The van der Waals surface area contributed by atoms with Crippen LogP contribution in [0.15, 0.2) is 205 Å². The van der Waals surface area contributed by atoms with E-state index in [0.29, 0.717) is 17.5 Å². The lowest BCUT2D eigenvalue weighted by molar-refractivity contribution is 0.669. The van der Waals surface area contributed by atoms with Crippen molar-refractivity contribution < 1.29 is 4.42 Å². The summed E-state index contributed by atoms with van der Waals surface area (Å²) in [4.78, 5) is 15.9. The van der Waals surface area contributed by atoms with Crippen molar-refractivity contribution >= 4 is 76.3 Å². The van der Waals surface area contributed by atoms with Crippen LogP contribution in [0.25, 0.3) is 122 Å². The van der Waals surface area contributed by atoms with Crippen LogP contribution in [-0.4, -0.2) is 24.1 Å². The van der Waals surface area contributed by atoms with Crippen molar-refractivity contribution in [1.29, 1.82) is 0 Å². The molecule has 0 unspecified atom stereocenters. The molecule has 0 radical (unpaired) electrons. The number of benzene rings is 9. The second kappa shape index (κ2) is 13.1. The number of aromatic nitrogens is 5. The topological polar surface area (TPSA) is 61.7 Å². The SMILES string of the molecule is c1ccc(-c2nc(-c3ccc4c(c3)c3ccccc3n4-c3ccccc3)nc(-c3cc4oc5ccccc5c4cc3-n3c4ccccc4c4cc5ccccc5cc43)n2)cc1. The number of furan rings is 1. The van der Waals surface area contributed by atoms with Gasteiger partial charge in [0.25, 0.3) is 0 Å². The lowest BCUT2D eigenvalue weighted by atomic mass is 10.0. The van der Waals surface area contributed by atoms with Crippen LogP contribution in [-0.2, 0) is 0 Å². The average Bonchev–Trinajstić information content (AvgIpc) is 3.97. The van der Waals surface area contributed by atoms with Gasteiger partial charge in [-0.3, -0.25) is 0 Å². The summed E-state index contributed by atoms with van der Waals surface area (Å²) in [5, 5.41) is 9.11. The Hall–Kier alpha value is -8.35. The van der Waals surface area contributed by atoms with Gasteiger partial charge in [-0.2, -0.15) is 0 Å². The molecule has 9 aromatic carbocycles. The van der Waals surface area contributed by atoms with E-state index in [0.717, 1.165) is 82.8 Å². The van der Waals surface area contributed by atoms with Gasteiger partial charge < -0.3 is 13.6 Å². The van der Waals surface area contributed by atoms with E-state index in [1.54, 1.807) is 0 Å². The summed E-state index contributed by atoms with van der Waals surface area (Å²) in [7, 11) is 0. The predicted molar refractivity (Wildman–Crippen MR) is 250 cm³/mol. The van der Waals surface area contributed by atoms with Crippen LogP contribution in [0.5, 0.6) is 0 Å². The Bertz CT molecular complexity index is 3880. The molecule has 0 aliphatic rings. The van der Waals surface area contributed by atoms with Gasteiger partial charge in [0, 0.05) is 54.7 Å². The van der Waals surface area contributed by atoms with Crippen LogP contribution in [0.1, 0.15) is 0 Å². The van der Waals surface area contributed by atoms with Crippen LogP contribution >= 0.6 is 0 Å². The summed E-state index contributed by atoms with van der Waals surface area (Å²) in [6.07, 6.45) is 0. The molecule has 13 rings (SSSR count). The molecule has 0 aliphatic heterocycles. The van der Waals surface area contributed by atoms with Crippen LogP contribution in [0.3, 0.4) is 0 Å². The largest absolute Gasteiger partial charge is 0.456 e. The minimum atomic E-state index is 0.555. The smallest absolute Gasteiger partial charge is 0.166 e. The molecule has 61 heavy (non-hydrogen) atoms. The van der Waals surface area contributed by atoms with Crippen molar-refractivity contribution in [1.82, 2.24) is 24.1 Å². The van der Waals surface area contributed by atoms with Crippen molar-refractivity contribution in [3.05, 3.63) is 200 Å². The van der Waals surface area contributed by atoms with E-state index in [2.05, 4.69) is 179 Å². The van der Waals surface area contributed by atoms with Crippen molar-refractivity contribution in [2.75, 3.05) is 0 Å². The normalized spacial score (nSPS) is 11.9. The first-order chi connectivity index (χ1) is 30.2. The number of hydrogen-bond acceptors (Lipinski definition) is 4. The molecular formula is C55H33N5O.